The van der Waals surface area contributed by atoms with E-state index in [1.807, 2.05) is 0 Å². The van der Waals surface area contributed by atoms with Crippen molar-refractivity contribution in [3.8, 4) is 0 Å². The molecule has 0 radical (unpaired) electrons. The van der Waals surface area contributed by atoms with E-state index in [0.717, 1.165) is 12.8 Å². The van der Waals surface area contributed by atoms with E-state index < -0.39 is 0 Å². The molecule has 1 heterocycles. The Morgan fingerprint density at radius 3 is 1.92 bits per heavy atom. The van der Waals surface area contributed by atoms with Crippen molar-refractivity contribution in [2.24, 2.45) is 0 Å². The summed E-state index contributed by atoms with van der Waals surface area (Å²) in [6.45, 7) is 4.37. The van der Waals surface area contributed by atoms with Crippen LogP contribution in [-0.2, 0) is 0 Å². The first kappa shape index (κ1) is 8.94. The van der Waals surface area contributed by atoms with E-state index >= 15 is 0 Å². The fourth-order valence-corrected chi connectivity index (χ4v) is 1.93. The predicted octanol–water partition coefficient (Wildman–Crippen LogP) is 1.02. The van der Waals surface area contributed by atoms with Crippen LogP contribution in [0.3, 0.4) is 0 Å². The van der Waals surface area contributed by atoms with Gasteiger partial charge < -0.3 is 0 Å². The van der Waals surface area contributed by atoms with Gasteiger partial charge in [-0.2, -0.15) is 5.53 Å². The summed E-state index contributed by atoms with van der Waals surface area (Å²) in [5.74, 6) is 0. The molecule has 2 aliphatic rings. The van der Waals surface area contributed by atoms with Gasteiger partial charge in [0.2, 0.25) is 0 Å². The number of hydrazine groups is 2. The van der Waals surface area contributed by atoms with Crippen LogP contribution in [0.4, 0.5) is 0 Å². The van der Waals surface area contributed by atoms with E-state index in [-0.39, 0.29) is 0 Å². The minimum atomic E-state index is 0.528. The van der Waals surface area contributed by atoms with Crippen LogP contribution in [0.15, 0.2) is 23.3 Å². The molecule has 0 amide bonds. The number of nitrogens with one attached hydrogen (secondary N) is 3. The fourth-order valence-electron chi connectivity index (χ4n) is 1.93. The summed E-state index contributed by atoms with van der Waals surface area (Å²) in [5.41, 5.74) is 12.4. The SMILES string of the molecule is CC1=CC=C(C)CC2NNNC2C1. The highest BCUT2D eigenvalue weighted by Gasteiger charge is 2.27. The number of hydrogen-bond donors (Lipinski definition) is 3. The quantitative estimate of drug-likeness (QED) is 0.519. The van der Waals surface area contributed by atoms with Crippen LogP contribution in [0.2, 0.25) is 0 Å². The highest BCUT2D eigenvalue weighted by molar-refractivity contribution is 5.20. The topological polar surface area (TPSA) is 36.1 Å². The lowest BCUT2D eigenvalue weighted by Crippen LogP contribution is -2.34. The molecule has 3 nitrogen and oxygen atoms in total. The molecular formula is C10H17N3. The average Bonchev–Trinajstić information content (AvgIpc) is 2.47. The van der Waals surface area contributed by atoms with Crippen LogP contribution in [0.1, 0.15) is 26.7 Å². The summed E-state index contributed by atoms with van der Waals surface area (Å²) in [6.07, 6.45) is 6.69. The first-order valence-corrected chi connectivity index (χ1v) is 4.84. The van der Waals surface area contributed by atoms with E-state index in [1.165, 1.54) is 11.1 Å². The van der Waals surface area contributed by atoms with Crippen LogP contribution in [0.5, 0.6) is 0 Å². The van der Waals surface area contributed by atoms with E-state index in [4.69, 9.17) is 0 Å². The first-order chi connectivity index (χ1) is 6.25. The zero-order valence-electron chi connectivity index (χ0n) is 8.22. The normalized spacial score (nSPS) is 34.3. The standard InChI is InChI=1S/C10H17N3/c1-7-3-4-8(2)6-10-9(5-7)11-13-12-10/h3-4,9-13H,5-6H2,1-2H3. The molecule has 2 atom stereocenters. The van der Waals surface area contributed by atoms with Crippen molar-refractivity contribution in [1.82, 2.24) is 16.4 Å². The van der Waals surface area contributed by atoms with Gasteiger partial charge in [-0.05, 0) is 26.7 Å². The van der Waals surface area contributed by atoms with Gasteiger partial charge >= 0.3 is 0 Å². The first-order valence-electron chi connectivity index (χ1n) is 4.84. The molecule has 0 aromatic carbocycles. The van der Waals surface area contributed by atoms with Gasteiger partial charge in [0.15, 0.2) is 0 Å². The molecule has 2 unspecified atom stereocenters. The van der Waals surface area contributed by atoms with Crippen molar-refractivity contribution >= 4 is 0 Å². The van der Waals surface area contributed by atoms with Gasteiger partial charge in [0.25, 0.3) is 0 Å². The van der Waals surface area contributed by atoms with E-state index in [2.05, 4.69) is 42.4 Å². The third-order valence-electron chi connectivity index (χ3n) is 2.74. The maximum absolute atomic E-state index is 3.25. The summed E-state index contributed by atoms with van der Waals surface area (Å²) in [4.78, 5) is 0. The van der Waals surface area contributed by atoms with Crippen LogP contribution in [0, 0.1) is 0 Å². The summed E-state index contributed by atoms with van der Waals surface area (Å²) in [5, 5.41) is 0. The second-order valence-electron chi connectivity index (χ2n) is 4.06. The smallest absolute Gasteiger partial charge is 0.0433 e. The maximum atomic E-state index is 3.25. The van der Waals surface area contributed by atoms with Crippen molar-refractivity contribution in [1.29, 1.82) is 0 Å². The molecule has 2 rings (SSSR count). The summed E-state index contributed by atoms with van der Waals surface area (Å²) >= 11 is 0. The number of hydrogen-bond acceptors (Lipinski definition) is 3. The number of allylic oxidation sites excluding steroid dienone is 2. The van der Waals surface area contributed by atoms with Crippen LogP contribution >= 0.6 is 0 Å². The lowest BCUT2D eigenvalue weighted by atomic mass is 9.93. The van der Waals surface area contributed by atoms with Crippen LogP contribution in [0.25, 0.3) is 0 Å². The Bertz CT molecular complexity index is 229. The van der Waals surface area contributed by atoms with E-state index in [0.29, 0.717) is 12.1 Å². The largest absolute Gasteiger partial charge is 0.239 e. The Hall–Kier alpha value is -0.640. The molecule has 1 aliphatic heterocycles. The molecule has 0 saturated carbocycles. The monoisotopic (exact) mass is 179 g/mol. The summed E-state index contributed by atoms with van der Waals surface area (Å²) in [7, 11) is 0. The summed E-state index contributed by atoms with van der Waals surface area (Å²) < 4.78 is 0. The molecule has 1 saturated heterocycles. The van der Waals surface area contributed by atoms with Crippen molar-refractivity contribution in [2.75, 3.05) is 0 Å². The Kier molecular flexibility index (Phi) is 2.49. The molecule has 3 heteroatoms. The number of rotatable bonds is 0. The van der Waals surface area contributed by atoms with E-state index in [9.17, 15) is 0 Å². The van der Waals surface area contributed by atoms with Crippen molar-refractivity contribution in [3.05, 3.63) is 23.3 Å². The van der Waals surface area contributed by atoms with Gasteiger partial charge in [0.05, 0.1) is 0 Å². The van der Waals surface area contributed by atoms with Crippen LogP contribution < -0.4 is 16.4 Å². The van der Waals surface area contributed by atoms with Gasteiger partial charge in [0.1, 0.15) is 0 Å². The molecule has 1 aliphatic carbocycles. The Labute approximate surface area is 79.2 Å². The third-order valence-corrected chi connectivity index (χ3v) is 2.74. The average molecular weight is 179 g/mol. The Morgan fingerprint density at radius 2 is 1.46 bits per heavy atom. The number of fused-ring (bicyclic) bond motifs is 1. The van der Waals surface area contributed by atoms with Crippen molar-refractivity contribution in [2.45, 2.75) is 38.8 Å². The Morgan fingerprint density at radius 1 is 1.00 bits per heavy atom. The second kappa shape index (κ2) is 3.62. The second-order valence-corrected chi connectivity index (χ2v) is 4.06. The van der Waals surface area contributed by atoms with Gasteiger partial charge in [-0.15, -0.1) is 0 Å². The lowest BCUT2D eigenvalue weighted by Gasteiger charge is -2.20. The molecule has 13 heavy (non-hydrogen) atoms. The van der Waals surface area contributed by atoms with Gasteiger partial charge in [0, 0.05) is 12.1 Å². The minimum absolute atomic E-state index is 0.528. The van der Waals surface area contributed by atoms with Gasteiger partial charge in [-0.25, -0.2) is 10.9 Å². The minimum Gasteiger partial charge on any atom is -0.239 e. The van der Waals surface area contributed by atoms with Crippen LogP contribution in [-0.4, -0.2) is 12.1 Å². The molecule has 0 aromatic rings. The lowest BCUT2D eigenvalue weighted by molar-refractivity contribution is 0.497. The molecule has 1 fully saturated rings. The molecule has 0 bridgehead atoms. The zero-order valence-corrected chi connectivity index (χ0v) is 8.22. The maximum Gasteiger partial charge on any atom is 0.0433 e. The zero-order chi connectivity index (χ0) is 9.26. The molecular weight excluding hydrogens is 162 g/mol. The van der Waals surface area contributed by atoms with E-state index in [1.54, 1.807) is 0 Å². The highest BCUT2D eigenvalue weighted by atomic mass is 15.7. The van der Waals surface area contributed by atoms with Gasteiger partial charge in [-0.1, -0.05) is 23.3 Å². The highest BCUT2D eigenvalue weighted by Crippen LogP contribution is 2.19. The molecule has 0 aromatic heterocycles. The van der Waals surface area contributed by atoms with Crippen molar-refractivity contribution < 1.29 is 0 Å². The van der Waals surface area contributed by atoms with Gasteiger partial charge in [-0.3, -0.25) is 0 Å². The third kappa shape index (κ3) is 1.99. The molecule has 72 valence electrons. The fraction of sp³-hybridized carbons (Fsp3) is 0.600. The van der Waals surface area contributed by atoms with Crippen molar-refractivity contribution in [3.63, 3.8) is 0 Å². The molecule has 3 N–H and O–H groups in total. The summed E-state index contributed by atoms with van der Waals surface area (Å²) in [6, 6.07) is 1.06. The predicted molar refractivity (Wildman–Crippen MR) is 53.7 cm³/mol. The molecule has 0 spiro atoms. The Balaban J connectivity index is 2.17.